The van der Waals surface area contributed by atoms with Crippen LogP contribution in [0.25, 0.3) is 0 Å². The van der Waals surface area contributed by atoms with Crippen molar-refractivity contribution in [2.45, 2.75) is 29.0 Å². The van der Waals surface area contributed by atoms with E-state index in [0.29, 0.717) is 10.7 Å². The van der Waals surface area contributed by atoms with Crippen LogP contribution >= 0.6 is 23.1 Å². The number of rotatable bonds is 4. The van der Waals surface area contributed by atoms with Crippen LogP contribution in [0.15, 0.2) is 27.0 Å². The molecule has 0 saturated carbocycles. The molecule has 0 amide bonds. The molecule has 1 N–H and O–H groups in total. The fourth-order valence-corrected chi connectivity index (χ4v) is 2.87. The van der Waals surface area contributed by atoms with Crippen molar-refractivity contribution in [3.05, 3.63) is 29.3 Å². The molecule has 0 aromatic carbocycles. The van der Waals surface area contributed by atoms with Crippen molar-refractivity contribution >= 4 is 29.1 Å². The quantitative estimate of drug-likeness (QED) is 0.928. The second kappa shape index (κ2) is 5.45. The monoisotopic (exact) mass is 281 g/mol. The van der Waals surface area contributed by atoms with Gasteiger partial charge in [0.15, 0.2) is 10.0 Å². The van der Waals surface area contributed by atoms with Gasteiger partial charge in [0, 0.05) is 23.7 Å². The highest BCUT2D eigenvalue weighted by atomic mass is 32.2. The maximum Gasteiger partial charge on any atom is 0.355 e. The highest BCUT2D eigenvalue weighted by Gasteiger charge is 2.17. The Morgan fingerprint density at radius 1 is 1.44 bits per heavy atom. The van der Waals surface area contributed by atoms with E-state index < -0.39 is 5.97 Å². The number of thiazole rings is 1. The first-order valence-corrected chi connectivity index (χ1v) is 6.95. The smallest absolute Gasteiger partial charge is 0.355 e. The van der Waals surface area contributed by atoms with Gasteiger partial charge in [-0.2, -0.15) is 0 Å². The van der Waals surface area contributed by atoms with Crippen LogP contribution in [0, 0.1) is 0 Å². The molecule has 0 spiro atoms. The van der Waals surface area contributed by atoms with Gasteiger partial charge in [0.05, 0.1) is 4.90 Å². The van der Waals surface area contributed by atoms with Crippen LogP contribution < -0.4 is 0 Å². The summed E-state index contributed by atoms with van der Waals surface area (Å²) in [5.41, 5.74) is 0.0360. The first kappa shape index (κ1) is 13.0. The Morgan fingerprint density at radius 2 is 2.22 bits per heavy atom. The molecular formula is C11H11N3O2S2. The molecule has 0 aliphatic rings. The third-order valence-electron chi connectivity index (χ3n) is 2.10. The maximum absolute atomic E-state index is 11.2. The molecule has 0 atom stereocenters. The molecule has 0 saturated heterocycles. The topological polar surface area (TPSA) is 76.0 Å². The summed E-state index contributed by atoms with van der Waals surface area (Å²) in [6, 6.07) is 0. The zero-order chi connectivity index (χ0) is 13.1. The fraction of sp³-hybridized carbons (Fsp3) is 0.273. The van der Waals surface area contributed by atoms with Gasteiger partial charge in [0.25, 0.3) is 0 Å². The summed E-state index contributed by atoms with van der Waals surface area (Å²) < 4.78 is 0.776. The van der Waals surface area contributed by atoms with Crippen molar-refractivity contribution < 1.29 is 9.90 Å². The fourth-order valence-electron chi connectivity index (χ4n) is 1.25. The molecule has 94 valence electrons. The molecule has 0 radical (unpaired) electrons. The molecule has 0 fully saturated rings. The Labute approximate surface area is 112 Å². The number of hydrogen-bond acceptors (Lipinski definition) is 6. The van der Waals surface area contributed by atoms with E-state index >= 15 is 0 Å². The van der Waals surface area contributed by atoms with Crippen molar-refractivity contribution in [1.29, 1.82) is 0 Å². The SMILES string of the molecule is CC(C)c1ncc(Sc2nccs2)c(C(=O)O)n1. The molecule has 2 aromatic rings. The van der Waals surface area contributed by atoms with Crippen molar-refractivity contribution in [2.24, 2.45) is 0 Å². The predicted molar refractivity (Wildman–Crippen MR) is 69.3 cm³/mol. The average Bonchev–Trinajstić information content (AvgIpc) is 2.81. The Morgan fingerprint density at radius 3 is 2.78 bits per heavy atom. The number of aromatic carboxylic acids is 1. The standard InChI is InChI=1S/C11H11N3O2S2/c1-6(2)9-13-5-7(8(14-9)10(15)16)18-11-12-3-4-17-11/h3-6H,1-2H3,(H,15,16). The molecular weight excluding hydrogens is 270 g/mol. The maximum atomic E-state index is 11.2. The highest BCUT2D eigenvalue weighted by molar-refractivity contribution is 8.01. The van der Waals surface area contributed by atoms with E-state index in [2.05, 4.69) is 15.0 Å². The summed E-state index contributed by atoms with van der Waals surface area (Å²) in [5, 5.41) is 11.0. The molecule has 0 unspecified atom stereocenters. The van der Waals surface area contributed by atoms with Gasteiger partial charge >= 0.3 is 5.97 Å². The lowest BCUT2D eigenvalue weighted by Gasteiger charge is -2.07. The third kappa shape index (κ3) is 2.85. The molecule has 2 heterocycles. The summed E-state index contributed by atoms with van der Waals surface area (Å²) in [6.07, 6.45) is 3.23. The normalized spacial score (nSPS) is 10.8. The first-order chi connectivity index (χ1) is 8.58. The Balaban J connectivity index is 2.37. The summed E-state index contributed by atoms with van der Waals surface area (Å²) in [4.78, 5) is 24.1. The van der Waals surface area contributed by atoms with E-state index in [-0.39, 0.29) is 11.6 Å². The van der Waals surface area contributed by atoms with E-state index in [9.17, 15) is 9.90 Å². The van der Waals surface area contributed by atoms with Crippen LogP contribution in [0.1, 0.15) is 36.1 Å². The van der Waals surface area contributed by atoms with E-state index in [4.69, 9.17) is 0 Å². The second-order valence-corrected chi connectivity index (χ2v) is 5.98. The van der Waals surface area contributed by atoms with Gasteiger partial charge in [0.2, 0.25) is 0 Å². The molecule has 2 rings (SSSR count). The van der Waals surface area contributed by atoms with Crippen LogP contribution in [-0.2, 0) is 0 Å². The van der Waals surface area contributed by atoms with Crippen LogP contribution in [0.5, 0.6) is 0 Å². The van der Waals surface area contributed by atoms with Crippen LogP contribution in [0.4, 0.5) is 0 Å². The number of carbonyl (C=O) groups is 1. The second-order valence-electron chi connectivity index (χ2n) is 3.80. The largest absolute Gasteiger partial charge is 0.476 e. The van der Waals surface area contributed by atoms with Crippen LogP contribution in [0.3, 0.4) is 0 Å². The molecule has 5 nitrogen and oxygen atoms in total. The molecule has 0 aliphatic heterocycles. The number of aromatic nitrogens is 3. The minimum Gasteiger partial charge on any atom is -0.476 e. The van der Waals surface area contributed by atoms with Gasteiger partial charge in [-0.15, -0.1) is 11.3 Å². The van der Waals surface area contributed by atoms with Crippen LogP contribution in [-0.4, -0.2) is 26.0 Å². The number of carboxylic acid groups (broad SMARTS) is 1. The summed E-state index contributed by atoms with van der Waals surface area (Å²) in [6.45, 7) is 3.85. The zero-order valence-electron chi connectivity index (χ0n) is 9.82. The van der Waals surface area contributed by atoms with Crippen molar-refractivity contribution in [1.82, 2.24) is 15.0 Å². The average molecular weight is 281 g/mol. The third-order valence-corrected chi connectivity index (χ3v) is 4.00. The van der Waals surface area contributed by atoms with Gasteiger partial charge in [-0.05, 0) is 0 Å². The number of nitrogens with zero attached hydrogens (tertiary/aromatic N) is 3. The Kier molecular flexibility index (Phi) is 3.93. The minimum atomic E-state index is -1.04. The lowest BCUT2D eigenvalue weighted by atomic mass is 10.2. The van der Waals surface area contributed by atoms with Gasteiger partial charge in [-0.3, -0.25) is 0 Å². The minimum absolute atomic E-state index is 0.0360. The lowest BCUT2D eigenvalue weighted by molar-refractivity contribution is 0.0685. The molecule has 7 heteroatoms. The molecule has 2 aromatic heterocycles. The van der Waals surface area contributed by atoms with E-state index in [1.54, 1.807) is 12.4 Å². The first-order valence-electron chi connectivity index (χ1n) is 5.25. The zero-order valence-corrected chi connectivity index (χ0v) is 11.5. The number of carboxylic acids is 1. The molecule has 18 heavy (non-hydrogen) atoms. The van der Waals surface area contributed by atoms with Crippen molar-refractivity contribution in [3.63, 3.8) is 0 Å². The molecule has 0 bridgehead atoms. The Bertz CT molecular complexity index is 555. The van der Waals surface area contributed by atoms with Crippen molar-refractivity contribution in [2.75, 3.05) is 0 Å². The van der Waals surface area contributed by atoms with Crippen LogP contribution in [0.2, 0.25) is 0 Å². The highest BCUT2D eigenvalue weighted by Crippen LogP contribution is 2.31. The predicted octanol–water partition coefficient (Wildman–Crippen LogP) is 2.91. The summed E-state index contributed by atoms with van der Waals surface area (Å²) >= 11 is 2.72. The van der Waals surface area contributed by atoms with E-state index in [0.717, 1.165) is 4.34 Å². The lowest BCUT2D eigenvalue weighted by Crippen LogP contribution is -2.08. The van der Waals surface area contributed by atoms with E-state index in [1.807, 2.05) is 19.2 Å². The Hall–Kier alpha value is -1.47. The van der Waals surface area contributed by atoms with Gasteiger partial charge in [-0.25, -0.2) is 19.7 Å². The summed E-state index contributed by atoms with van der Waals surface area (Å²) in [5.74, 6) is -0.406. The van der Waals surface area contributed by atoms with Crippen molar-refractivity contribution in [3.8, 4) is 0 Å². The van der Waals surface area contributed by atoms with Gasteiger partial charge in [-0.1, -0.05) is 25.6 Å². The van der Waals surface area contributed by atoms with E-state index in [1.165, 1.54) is 23.1 Å². The summed E-state index contributed by atoms with van der Waals surface area (Å²) in [7, 11) is 0. The molecule has 0 aliphatic carbocycles. The van der Waals surface area contributed by atoms with Gasteiger partial charge < -0.3 is 5.11 Å². The number of hydrogen-bond donors (Lipinski definition) is 1. The van der Waals surface area contributed by atoms with Gasteiger partial charge in [0.1, 0.15) is 5.82 Å².